The van der Waals surface area contributed by atoms with Gasteiger partial charge in [-0.1, -0.05) is 29.8 Å². The standard InChI is InChI=1S/C18H20ClN3O4S/c1-12(22-27(25,26)17-5-3-4-15(19)10-17)18(24)20-11-14-6-8-16(9-7-14)21-13(2)23/h3-10,12,22H,11H2,1-2H3,(H,20,24)(H,21,23). The van der Waals surface area contributed by atoms with Crippen molar-refractivity contribution in [2.75, 3.05) is 5.32 Å². The molecule has 7 nitrogen and oxygen atoms in total. The van der Waals surface area contributed by atoms with Crippen molar-refractivity contribution in [3.8, 4) is 0 Å². The second-order valence-corrected chi connectivity index (χ2v) is 8.05. The first-order valence-electron chi connectivity index (χ1n) is 8.09. The van der Waals surface area contributed by atoms with Gasteiger partial charge in [-0.05, 0) is 42.8 Å². The van der Waals surface area contributed by atoms with E-state index >= 15 is 0 Å². The normalized spacial score (nSPS) is 12.3. The molecule has 27 heavy (non-hydrogen) atoms. The quantitative estimate of drug-likeness (QED) is 0.652. The van der Waals surface area contributed by atoms with Gasteiger partial charge in [0.1, 0.15) is 0 Å². The van der Waals surface area contributed by atoms with Gasteiger partial charge in [0.2, 0.25) is 21.8 Å². The fraction of sp³-hybridized carbons (Fsp3) is 0.222. The molecule has 3 N–H and O–H groups in total. The van der Waals surface area contributed by atoms with Gasteiger partial charge in [-0.3, -0.25) is 9.59 Å². The summed E-state index contributed by atoms with van der Waals surface area (Å²) in [6, 6.07) is 11.8. The van der Waals surface area contributed by atoms with Gasteiger partial charge in [-0.15, -0.1) is 0 Å². The molecule has 2 aromatic carbocycles. The van der Waals surface area contributed by atoms with E-state index in [2.05, 4.69) is 15.4 Å². The fourth-order valence-corrected chi connectivity index (χ4v) is 3.74. The third-order valence-corrected chi connectivity index (χ3v) is 5.35. The minimum Gasteiger partial charge on any atom is -0.351 e. The van der Waals surface area contributed by atoms with Crippen LogP contribution in [0.25, 0.3) is 0 Å². The third kappa shape index (κ3) is 6.35. The molecule has 0 fully saturated rings. The molecular formula is C18H20ClN3O4S. The number of carbonyl (C=O) groups excluding carboxylic acids is 2. The van der Waals surface area contributed by atoms with Gasteiger partial charge in [-0.2, -0.15) is 4.72 Å². The van der Waals surface area contributed by atoms with Crippen molar-refractivity contribution in [3.05, 3.63) is 59.1 Å². The van der Waals surface area contributed by atoms with Crippen LogP contribution in [-0.4, -0.2) is 26.3 Å². The molecule has 0 aromatic heterocycles. The molecule has 0 aliphatic heterocycles. The summed E-state index contributed by atoms with van der Waals surface area (Å²) in [5, 5.41) is 5.60. The number of anilines is 1. The van der Waals surface area contributed by atoms with Crippen molar-refractivity contribution in [1.29, 1.82) is 0 Å². The molecule has 2 amide bonds. The van der Waals surface area contributed by atoms with Crippen LogP contribution in [-0.2, 0) is 26.2 Å². The van der Waals surface area contributed by atoms with Crippen molar-refractivity contribution in [2.45, 2.75) is 31.3 Å². The van der Waals surface area contributed by atoms with E-state index in [1.165, 1.54) is 32.0 Å². The van der Waals surface area contributed by atoms with Crippen LogP contribution < -0.4 is 15.4 Å². The number of amides is 2. The highest BCUT2D eigenvalue weighted by Crippen LogP contribution is 2.15. The van der Waals surface area contributed by atoms with Gasteiger partial charge in [0.05, 0.1) is 10.9 Å². The first-order chi connectivity index (χ1) is 12.7. The van der Waals surface area contributed by atoms with E-state index < -0.39 is 22.0 Å². The maximum atomic E-state index is 12.3. The first-order valence-corrected chi connectivity index (χ1v) is 9.95. The molecule has 9 heteroatoms. The molecule has 0 aliphatic rings. The van der Waals surface area contributed by atoms with Gasteiger partial charge in [0.15, 0.2) is 0 Å². The lowest BCUT2D eigenvalue weighted by Crippen LogP contribution is -2.44. The summed E-state index contributed by atoms with van der Waals surface area (Å²) >= 11 is 5.81. The zero-order valence-corrected chi connectivity index (χ0v) is 16.4. The van der Waals surface area contributed by atoms with E-state index in [1.54, 1.807) is 30.3 Å². The summed E-state index contributed by atoms with van der Waals surface area (Å²) in [4.78, 5) is 23.2. The average Bonchev–Trinajstić information content (AvgIpc) is 2.60. The van der Waals surface area contributed by atoms with Crippen LogP contribution in [0.1, 0.15) is 19.4 Å². The number of carbonyl (C=O) groups is 2. The lowest BCUT2D eigenvalue weighted by atomic mass is 10.2. The van der Waals surface area contributed by atoms with E-state index in [0.29, 0.717) is 5.69 Å². The Morgan fingerprint density at radius 3 is 2.37 bits per heavy atom. The Morgan fingerprint density at radius 2 is 1.78 bits per heavy atom. The van der Waals surface area contributed by atoms with Gasteiger partial charge >= 0.3 is 0 Å². The molecule has 0 aliphatic carbocycles. The van der Waals surface area contributed by atoms with Crippen molar-refractivity contribution < 1.29 is 18.0 Å². The predicted molar refractivity (Wildman–Crippen MR) is 104 cm³/mol. The minimum absolute atomic E-state index is 0.0109. The Bertz CT molecular complexity index is 930. The highest BCUT2D eigenvalue weighted by Gasteiger charge is 2.22. The number of sulfonamides is 1. The third-order valence-electron chi connectivity index (χ3n) is 3.57. The molecule has 2 aromatic rings. The van der Waals surface area contributed by atoms with E-state index in [4.69, 9.17) is 11.6 Å². The summed E-state index contributed by atoms with van der Waals surface area (Å²) in [7, 11) is -3.86. The number of benzene rings is 2. The largest absolute Gasteiger partial charge is 0.351 e. The molecular weight excluding hydrogens is 390 g/mol. The van der Waals surface area contributed by atoms with Gasteiger partial charge < -0.3 is 10.6 Å². The van der Waals surface area contributed by atoms with E-state index in [-0.39, 0.29) is 22.4 Å². The molecule has 0 saturated carbocycles. The predicted octanol–water partition coefficient (Wildman–Crippen LogP) is 2.28. The molecule has 0 saturated heterocycles. The molecule has 0 bridgehead atoms. The molecule has 1 unspecified atom stereocenters. The smallest absolute Gasteiger partial charge is 0.241 e. The summed E-state index contributed by atoms with van der Waals surface area (Å²) < 4.78 is 27.0. The maximum absolute atomic E-state index is 12.3. The SMILES string of the molecule is CC(=O)Nc1ccc(CNC(=O)C(C)NS(=O)(=O)c2cccc(Cl)c2)cc1. The number of halogens is 1. The Balaban J connectivity index is 1.92. The fourth-order valence-electron chi connectivity index (χ4n) is 2.24. The van der Waals surface area contributed by atoms with Crippen LogP contribution >= 0.6 is 11.6 Å². The summed E-state index contributed by atoms with van der Waals surface area (Å²) in [6.07, 6.45) is 0. The van der Waals surface area contributed by atoms with E-state index in [1.807, 2.05) is 0 Å². The molecule has 0 radical (unpaired) electrons. The Labute approximate surface area is 163 Å². The maximum Gasteiger partial charge on any atom is 0.241 e. The first kappa shape index (κ1) is 20.9. The highest BCUT2D eigenvalue weighted by atomic mass is 35.5. The molecule has 144 valence electrons. The summed E-state index contributed by atoms with van der Waals surface area (Å²) in [6.45, 7) is 3.10. The van der Waals surface area contributed by atoms with Crippen molar-refractivity contribution in [1.82, 2.24) is 10.0 Å². The lowest BCUT2D eigenvalue weighted by molar-refractivity contribution is -0.122. The van der Waals surface area contributed by atoms with Gasteiger partial charge in [0.25, 0.3) is 0 Å². The van der Waals surface area contributed by atoms with E-state index in [9.17, 15) is 18.0 Å². The van der Waals surface area contributed by atoms with Crippen molar-refractivity contribution in [3.63, 3.8) is 0 Å². The number of nitrogens with one attached hydrogen (secondary N) is 3. The zero-order chi connectivity index (χ0) is 20.0. The summed E-state index contributed by atoms with van der Waals surface area (Å²) in [5.41, 5.74) is 1.46. The second-order valence-electron chi connectivity index (χ2n) is 5.90. The van der Waals surface area contributed by atoms with Gasteiger partial charge in [0, 0.05) is 24.2 Å². The van der Waals surface area contributed by atoms with Crippen LogP contribution in [0.15, 0.2) is 53.4 Å². The van der Waals surface area contributed by atoms with Crippen LogP contribution in [0.4, 0.5) is 5.69 Å². The topological polar surface area (TPSA) is 104 Å². The van der Waals surface area contributed by atoms with Crippen LogP contribution in [0.5, 0.6) is 0 Å². The molecule has 0 heterocycles. The number of hydrogen-bond acceptors (Lipinski definition) is 4. The Kier molecular flexibility index (Phi) is 6.95. The molecule has 2 rings (SSSR count). The summed E-state index contributed by atoms with van der Waals surface area (Å²) in [5.74, 6) is -0.636. The Hall–Kier alpha value is -2.42. The average molecular weight is 410 g/mol. The number of hydrogen-bond donors (Lipinski definition) is 3. The van der Waals surface area contributed by atoms with Crippen LogP contribution in [0.2, 0.25) is 5.02 Å². The van der Waals surface area contributed by atoms with Crippen molar-refractivity contribution >= 4 is 39.1 Å². The molecule has 0 spiro atoms. The Morgan fingerprint density at radius 1 is 1.11 bits per heavy atom. The van der Waals surface area contributed by atoms with Crippen LogP contribution in [0, 0.1) is 0 Å². The lowest BCUT2D eigenvalue weighted by Gasteiger charge is -2.15. The molecule has 1 atom stereocenters. The zero-order valence-electron chi connectivity index (χ0n) is 14.8. The van der Waals surface area contributed by atoms with Crippen LogP contribution in [0.3, 0.4) is 0 Å². The second kappa shape index (κ2) is 8.98. The van der Waals surface area contributed by atoms with Crippen molar-refractivity contribution in [2.24, 2.45) is 0 Å². The van der Waals surface area contributed by atoms with E-state index in [0.717, 1.165) is 5.56 Å². The monoisotopic (exact) mass is 409 g/mol. The highest BCUT2D eigenvalue weighted by molar-refractivity contribution is 7.89. The minimum atomic E-state index is -3.86. The van der Waals surface area contributed by atoms with Gasteiger partial charge in [-0.25, -0.2) is 8.42 Å². The number of rotatable bonds is 7.